The van der Waals surface area contributed by atoms with Crippen LogP contribution < -0.4 is 4.74 Å². The number of benzene rings is 1. The van der Waals surface area contributed by atoms with Gasteiger partial charge in [-0.2, -0.15) is 0 Å². The topological polar surface area (TPSA) is 65.9 Å². The van der Waals surface area contributed by atoms with Crippen LogP contribution in [0.5, 0.6) is 5.75 Å². The number of aromatic nitrogens is 1. The monoisotopic (exact) mass is 375 g/mol. The number of carbonyl (C=O) groups is 1. The first-order valence-corrected chi connectivity index (χ1v) is 8.88. The number of nitrogens with zero attached hydrogens (tertiary/aromatic N) is 3. The summed E-state index contributed by atoms with van der Waals surface area (Å²) >= 11 is 6.09. The van der Waals surface area contributed by atoms with Gasteiger partial charge in [-0.25, -0.2) is 0 Å². The third-order valence-electron chi connectivity index (χ3n) is 4.65. The van der Waals surface area contributed by atoms with Crippen LogP contribution in [0.1, 0.15) is 17.2 Å². The molecule has 0 aliphatic carbocycles. The average molecular weight is 376 g/mol. The van der Waals surface area contributed by atoms with Crippen LogP contribution in [0.25, 0.3) is 0 Å². The fraction of sp³-hybridized carbons (Fsp3) is 0.368. The fourth-order valence-electron chi connectivity index (χ4n) is 3.33. The number of aliphatic carboxylic acids is 1. The molecule has 6 nitrogen and oxygen atoms in total. The van der Waals surface area contributed by atoms with Crippen LogP contribution in [0.3, 0.4) is 0 Å². The van der Waals surface area contributed by atoms with Crippen LogP contribution in [0.15, 0.2) is 42.7 Å². The van der Waals surface area contributed by atoms with Crippen LogP contribution in [0.4, 0.5) is 0 Å². The lowest BCUT2D eigenvalue weighted by Crippen LogP contribution is -2.48. The number of pyridine rings is 1. The lowest BCUT2D eigenvalue weighted by molar-refractivity contribution is -0.144. The van der Waals surface area contributed by atoms with Gasteiger partial charge in [0.05, 0.1) is 7.11 Å². The molecule has 7 heteroatoms. The summed E-state index contributed by atoms with van der Waals surface area (Å²) < 4.78 is 5.36. The Morgan fingerprint density at radius 3 is 2.54 bits per heavy atom. The van der Waals surface area contributed by atoms with Gasteiger partial charge >= 0.3 is 5.97 Å². The second-order valence-electron chi connectivity index (χ2n) is 6.29. The van der Waals surface area contributed by atoms with Crippen molar-refractivity contribution in [3.63, 3.8) is 0 Å². The molecule has 0 radical (unpaired) electrons. The number of halogens is 1. The largest absolute Gasteiger partial charge is 0.496 e. The molecular weight excluding hydrogens is 354 g/mol. The van der Waals surface area contributed by atoms with Crippen molar-refractivity contribution in [3.05, 3.63) is 58.9 Å². The lowest BCUT2D eigenvalue weighted by Gasteiger charge is -2.38. The van der Waals surface area contributed by atoms with Crippen LogP contribution in [-0.4, -0.2) is 59.1 Å². The Kier molecular flexibility index (Phi) is 6.08. The summed E-state index contributed by atoms with van der Waals surface area (Å²) in [6.45, 7) is 3.77. The van der Waals surface area contributed by atoms with Crippen LogP contribution in [0.2, 0.25) is 5.02 Å². The van der Waals surface area contributed by atoms with E-state index in [1.165, 1.54) is 12.7 Å². The number of hydrogen-bond donors (Lipinski definition) is 1. The zero-order valence-electron chi connectivity index (χ0n) is 14.6. The second kappa shape index (κ2) is 8.49. The van der Waals surface area contributed by atoms with Crippen molar-refractivity contribution in [1.29, 1.82) is 0 Å². The zero-order chi connectivity index (χ0) is 18.5. The Morgan fingerprint density at radius 2 is 1.92 bits per heavy atom. The predicted molar refractivity (Wildman–Crippen MR) is 99.5 cm³/mol. The van der Waals surface area contributed by atoms with Crippen LogP contribution in [0, 0.1) is 0 Å². The van der Waals surface area contributed by atoms with Crippen molar-refractivity contribution in [3.8, 4) is 5.75 Å². The smallest absolute Gasteiger partial charge is 0.325 e. The molecule has 0 spiro atoms. The summed E-state index contributed by atoms with van der Waals surface area (Å²) in [5.41, 5.74) is 1.80. The molecule has 1 N–H and O–H groups in total. The van der Waals surface area contributed by atoms with E-state index in [0.29, 0.717) is 29.4 Å². The first-order valence-electron chi connectivity index (χ1n) is 8.50. The summed E-state index contributed by atoms with van der Waals surface area (Å²) in [6.07, 6.45) is 3.58. The van der Waals surface area contributed by atoms with Gasteiger partial charge in [0.2, 0.25) is 0 Å². The molecule has 1 fully saturated rings. The van der Waals surface area contributed by atoms with Gasteiger partial charge in [0, 0.05) is 55.7 Å². The quantitative estimate of drug-likeness (QED) is 0.837. The van der Waals surface area contributed by atoms with E-state index in [9.17, 15) is 9.90 Å². The highest BCUT2D eigenvalue weighted by molar-refractivity contribution is 6.30. The highest BCUT2D eigenvalue weighted by Crippen LogP contribution is 2.32. The van der Waals surface area contributed by atoms with Gasteiger partial charge in [-0.1, -0.05) is 11.6 Å². The lowest BCUT2D eigenvalue weighted by atomic mass is 10.0. The molecule has 0 bridgehead atoms. The number of rotatable bonds is 6. The minimum Gasteiger partial charge on any atom is -0.496 e. The standard InChI is InChI=1S/C19H22ClN3O3/c1-26-17-3-2-15(20)12-16(17)18(19(24)25)23-10-8-22(9-11-23)13-14-4-6-21-7-5-14/h2-7,12,18H,8-11,13H2,1H3,(H,24,25)/t18-/m1/s1. The van der Waals surface area contributed by atoms with E-state index in [0.717, 1.165) is 19.6 Å². The van der Waals surface area contributed by atoms with Crippen LogP contribution >= 0.6 is 11.6 Å². The molecule has 26 heavy (non-hydrogen) atoms. The zero-order valence-corrected chi connectivity index (χ0v) is 15.4. The van der Waals surface area contributed by atoms with Gasteiger partial charge in [-0.15, -0.1) is 0 Å². The van der Waals surface area contributed by atoms with Crippen molar-refractivity contribution >= 4 is 17.6 Å². The van der Waals surface area contributed by atoms with Gasteiger partial charge in [-0.3, -0.25) is 19.6 Å². The molecule has 1 aliphatic heterocycles. The Bertz CT molecular complexity index is 749. The van der Waals surface area contributed by atoms with Gasteiger partial charge < -0.3 is 9.84 Å². The highest BCUT2D eigenvalue weighted by atomic mass is 35.5. The number of ether oxygens (including phenoxy) is 1. The summed E-state index contributed by atoms with van der Waals surface area (Å²) in [7, 11) is 1.54. The number of methoxy groups -OCH3 is 1. The molecule has 3 rings (SSSR count). The maximum atomic E-state index is 12.0. The van der Waals surface area contributed by atoms with Gasteiger partial charge in [0.1, 0.15) is 11.8 Å². The summed E-state index contributed by atoms with van der Waals surface area (Å²) in [5.74, 6) is -0.353. The van der Waals surface area contributed by atoms with Crippen molar-refractivity contribution in [2.24, 2.45) is 0 Å². The van der Waals surface area contributed by atoms with E-state index >= 15 is 0 Å². The molecule has 1 aromatic carbocycles. The van der Waals surface area contributed by atoms with Crippen molar-refractivity contribution in [2.45, 2.75) is 12.6 Å². The number of carboxylic acid groups (broad SMARTS) is 1. The maximum absolute atomic E-state index is 12.0. The molecule has 0 unspecified atom stereocenters. The van der Waals surface area contributed by atoms with Crippen molar-refractivity contribution < 1.29 is 14.6 Å². The Morgan fingerprint density at radius 1 is 1.23 bits per heavy atom. The van der Waals surface area contributed by atoms with Crippen molar-refractivity contribution in [1.82, 2.24) is 14.8 Å². The Balaban J connectivity index is 1.71. The minimum absolute atomic E-state index is 0.503. The van der Waals surface area contributed by atoms with Gasteiger partial charge in [0.15, 0.2) is 0 Å². The summed E-state index contributed by atoms with van der Waals surface area (Å²) in [4.78, 5) is 20.3. The molecule has 0 amide bonds. The van der Waals surface area contributed by atoms with E-state index in [1.807, 2.05) is 17.0 Å². The first-order chi connectivity index (χ1) is 12.6. The van der Waals surface area contributed by atoms with E-state index in [1.54, 1.807) is 30.6 Å². The molecule has 1 aromatic heterocycles. The average Bonchev–Trinajstić information content (AvgIpc) is 2.64. The van der Waals surface area contributed by atoms with Crippen molar-refractivity contribution in [2.75, 3.05) is 33.3 Å². The molecular formula is C19H22ClN3O3. The number of hydrogen-bond acceptors (Lipinski definition) is 5. The molecule has 2 heterocycles. The SMILES string of the molecule is COc1ccc(Cl)cc1[C@H](C(=O)O)N1CCN(Cc2ccncc2)CC1. The highest BCUT2D eigenvalue weighted by Gasteiger charge is 2.32. The van der Waals surface area contributed by atoms with Crippen LogP contribution in [-0.2, 0) is 11.3 Å². The van der Waals surface area contributed by atoms with E-state index in [4.69, 9.17) is 16.3 Å². The van der Waals surface area contributed by atoms with Gasteiger partial charge in [0.25, 0.3) is 0 Å². The Labute approximate surface area is 158 Å². The van der Waals surface area contributed by atoms with E-state index < -0.39 is 12.0 Å². The number of carboxylic acids is 1. The third kappa shape index (κ3) is 4.33. The summed E-state index contributed by atoms with van der Waals surface area (Å²) in [6, 6.07) is 8.34. The predicted octanol–water partition coefficient (Wildman–Crippen LogP) is 2.69. The Hall–Kier alpha value is -2.15. The first kappa shape index (κ1) is 18.6. The van der Waals surface area contributed by atoms with E-state index in [2.05, 4.69) is 9.88 Å². The maximum Gasteiger partial charge on any atom is 0.325 e. The molecule has 1 aliphatic rings. The molecule has 0 saturated carbocycles. The molecule has 2 aromatic rings. The van der Waals surface area contributed by atoms with Gasteiger partial charge in [-0.05, 0) is 35.9 Å². The number of piperazine rings is 1. The summed E-state index contributed by atoms with van der Waals surface area (Å²) in [5, 5.41) is 10.3. The minimum atomic E-state index is -0.895. The second-order valence-corrected chi connectivity index (χ2v) is 6.73. The molecule has 138 valence electrons. The normalized spacial score (nSPS) is 17.0. The molecule has 1 atom stereocenters. The van der Waals surface area contributed by atoms with E-state index in [-0.39, 0.29) is 0 Å². The third-order valence-corrected chi connectivity index (χ3v) is 4.88. The molecule has 1 saturated heterocycles. The fourth-order valence-corrected chi connectivity index (χ4v) is 3.51.